The average Bonchev–Trinajstić information content (AvgIpc) is 2.70. The third-order valence-corrected chi connectivity index (χ3v) is 3.57. The molecule has 17 heavy (non-hydrogen) atoms. The Balaban J connectivity index is 2.49. The molecule has 2 rings (SSSR count). The number of benzene rings is 1. The maximum Gasteiger partial charge on any atom is 0.131 e. The molecular weight excluding hydrogens is 242 g/mol. The van der Waals surface area contributed by atoms with Crippen molar-refractivity contribution in [2.45, 2.75) is 13.0 Å². The first-order valence-electron chi connectivity index (χ1n) is 5.10. The number of thiophene rings is 1. The summed E-state index contributed by atoms with van der Waals surface area (Å²) < 4.78 is 27.3. The van der Waals surface area contributed by atoms with Crippen LogP contribution in [0.2, 0.25) is 0 Å². The Kier molecular flexibility index (Phi) is 3.51. The predicted octanol–water partition coefficient (Wildman–Crippen LogP) is 2.89. The quantitative estimate of drug-likeness (QED) is 0.653. The number of nitrogens with two attached hydrogens (primary N) is 1. The summed E-state index contributed by atoms with van der Waals surface area (Å²) in [6.45, 7) is 1.93. The normalized spacial score (nSPS) is 12.7. The van der Waals surface area contributed by atoms with Crippen LogP contribution in [-0.4, -0.2) is 0 Å². The third kappa shape index (κ3) is 2.36. The number of aryl methyl sites for hydroxylation is 1. The van der Waals surface area contributed by atoms with Crippen molar-refractivity contribution in [2.24, 2.45) is 5.84 Å². The summed E-state index contributed by atoms with van der Waals surface area (Å²) in [5.41, 5.74) is 2.42. The van der Waals surface area contributed by atoms with Crippen molar-refractivity contribution in [1.29, 1.82) is 0 Å². The molecule has 0 aliphatic carbocycles. The minimum absolute atomic E-state index is 0.0446. The minimum atomic E-state index is -0.658. The number of hydrogen-bond donors (Lipinski definition) is 2. The van der Waals surface area contributed by atoms with E-state index in [0.29, 0.717) is 0 Å². The molecular formula is C12H12F2N2S. The summed E-state index contributed by atoms with van der Waals surface area (Å²) in [6.07, 6.45) is 0. The first-order valence-corrected chi connectivity index (χ1v) is 5.91. The van der Waals surface area contributed by atoms with Gasteiger partial charge >= 0.3 is 0 Å². The lowest BCUT2D eigenvalue weighted by Crippen LogP contribution is -2.29. The molecule has 3 N–H and O–H groups in total. The Labute approximate surface area is 102 Å². The van der Waals surface area contributed by atoms with Gasteiger partial charge < -0.3 is 0 Å². The zero-order valence-corrected chi connectivity index (χ0v) is 10.0. The summed E-state index contributed by atoms with van der Waals surface area (Å²) in [5.74, 6) is 4.21. The van der Waals surface area contributed by atoms with Crippen molar-refractivity contribution in [3.05, 3.63) is 57.3 Å². The van der Waals surface area contributed by atoms with Crippen LogP contribution in [0.5, 0.6) is 0 Å². The Morgan fingerprint density at radius 2 is 1.82 bits per heavy atom. The van der Waals surface area contributed by atoms with E-state index in [9.17, 15) is 8.78 Å². The van der Waals surface area contributed by atoms with E-state index in [1.807, 2.05) is 19.1 Å². The number of halogens is 2. The molecule has 0 aliphatic rings. The van der Waals surface area contributed by atoms with Crippen LogP contribution in [-0.2, 0) is 0 Å². The van der Waals surface area contributed by atoms with Crippen molar-refractivity contribution in [2.75, 3.05) is 0 Å². The van der Waals surface area contributed by atoms with Gasteiger partial charge in [0.05, 0.1) is 6.04 Å². The van der Waals surface area contributed by atoms with Gasteiger partial charge in [0, 0.05) is 15.3 Å². The molecule has 90 valence electrons. The molecule has 0 amide bonds. The summed E-state index contributed by atoms with van der Waals surface area (Å²) in [4.78, 5) is 1.85. The molecule has 2 aromatic rings. The highest BCUT2D eigenvalue weighted by Gasteiger charge is 2.21. The van der Waals surface area contributed by atoms with Gasteiger partial charge in [0.2, 0.25) is 0 Å². The largest absolute Gasteiger partial charge is 0.271 e. The molecule has 0 fully saturated rings. The summed E-state index contributed by atoms with van der Waals surface area (Å²) in [5, 5.41) is 0. The third-order valence-electron chi connectivity index (χ3n) is 2.50. The zero-order valence-electron chi connectivity index (χ0n) is 9.21. The molecule has 0 radical (unpaired) electrons. The fourth-order valence-corrected chi connectivity index (χ4v) is 2.65. The molecule has 5 heteroatoms. The molecule has 0 bridgehead atoms. The lowest BCUT2D eigenvalue weighted by atomic mass is 10.0. The van der Waals surface area contributed by atoms with Crippen LogP contribution in [0.4, 0.5) is 8.78 Å². The van der Waals surface area contributed by atoms with Crippen molar-refractivity contribution in [3.63, 3.8) is 0 Å². The van der Waals surface area contributed by atoms with E-state index in [2.05, 4.69) is 5.43 Å². The first kappa shape index (κ1) is 12.2. The lowest BCUT2D eigenvalue weighted by molar-refractivity contribution is 0.513. The van der Waals surface area contributed by atoms with Crippen LogP contribution in [0.3, 0.4) is 0 Å². The highest BCUT2D eigenvalue weighted by atomic mass is 32.1. The molecule has 1 heterocycles. The summed E-state index contributed by atoms with van der Waals surface area (Å²) in [6, 6.07) is 6.84. The first-order chi connectivity index (χ1) is 8.13. The topological polar surface area (TPSA) is 38.0 Å². The van der Waals surface area contributed by atoms with Gasteiger partial charge in [0.15, 0.2) is 0 Å². The number of hydrazine groups is 1. The van der Waals surface area contributed by atoms with Gasteiger partial charge in [-0.05, 0) is 31.2 Å². The van der Waals surface area contributed by atoms with Crippen LogP contribution in [0, 0.1) is 18.6 Å². The van der Waals surface area contributed by atoms with Crippen molar-refractivity contribution < 1.29 is 8.78 Å². The Morgan fingerprint density at radius 3 is 2.29 bits per heavy atom. The second-order valence-electron chi connectivity index (χ2n) is 3.68. The van der Waals surface area contributed by atoms with Crippen molar-refractivity contribution in [1.82, 2.24) is 5.43 Å². The molecule has 1 aromatic carbocycles. The minimum Gasteiger partial charge on any atom is -0.271 e. The molecule has 0 saturated heterocycles. The second-order valence-corrected chi connectivity index (χ2v) is 5.00. The Morgan fingerprint density at radius 1 is 1.18 bits per heavy atom. The monoisotopic (exact) mass is 254 g/mol. The summed E-state index contributed by atoms with van der Waals surface area (Å²) >= 11 is 1.46. The van der Waals surface area contributed by atoms with Gasteiger partial charge in [0.1, 0.15) is 11.6 Å². The SMILES string of the molecule is Cc1ccc(C(NN)c2c(F)cccc2F)s1. The smallest absolute Gasteiger partial charge is 0.131 e. The van der Waals surface area contributed by atoms with Gasteiger partial charge in [0.25, 0.3) is 0 Å². The van der Waals surface area contributed by atoms with Crippen LogP contribution >= 0.6 is 11.3 Å². The zero-order chi connectivity index (χ0) is 12.4. The van der Waals surface area contributed by atoms with Crippen LogP contribution in [0.15, 0.2) is 30.3 Å². The maximum absolute atomic E-state index is 13.6. The van der Waals surface area contributed by atoms with Gasteiger partial charge in [-0.25, -0.2) is 14.2 Å². The van der Waals surface area contributed by atoms with Gasteiger partial charge in [-0.15, -0.1) is 11.3 Å². The van der Waals surface area contributed by atoms with Gasteiger partial charge in [-0.2, -0.15) is 0 Å². The van der Waals surface area contributed by atoms with E-state index in [0.717, 1.165) is 9.75 Å². The molecule has 0 saturated carbocycles. The van der Waals surface area contributed by atoms with E-state index in [-0.39, 0.29) is 5.56 Å². The average molecular weight is 254 g/mol. The fraction of sp³-hybridized carbons (Fsp3) is 0.167. The molecule has 0 aliphatic heterocycles. The number of rotatable bonds is 3. The van der Waals surface area contributed by atoms with E-state index in [4.69, 9.17) is 5.84 Å². The number of hydrogen-bond acceptors (Lipinski definition) is 3. The van der Waals surface area contributed by atoms with Crippen LogP contribution in [0.1, 0.15) is 21.4 Å². The molecule has 2 nitrogen and oxygen atoms in total. The predicted molar refractivity (Wildman–Crippen MR) is 64.6 cm³/mol. The van der Waals surface area contributed by atoms with E-state index in [1.54, 1.807) is 0 Å². The lowest BCUT2D eigenvalue weighted by Gasteiger charge is -2.16. The van der Waals surface area contributed by atoms with E-state index in [1.165, 1.54) is 29.5 Å². The van der Waals surface area contributed by atoms with Crippen LogP contribution < -0.4 is 11.3 Å². The molecule has 0 spiro atoms. The second kappa shape index (κ2) is 4.91. The Bertz CT molecular complexity index is 505. The highest BCUT2D eigenvalue weighted by Crippen LogP contribution is 2.30. The number of nitrogens with one attached hydrogen (secondary N) is 1. The van der Waals surface area contributed by atoms with Crippen molar-refractivity contribution >= 4 is 11.3 Å². The maximum atomic E-state index is 13.6. The van der Waals surface area contributed by atoms with Crippen molar-refractivity contribution in [3.8, 4) is 0 Å². The fourth-order valence-electron chi connectivity index (χ4n) is 1.70. The van der Waals surface area contributed by atoms with Gasteiger partial charge in [-0.1, -0.05) is 6.07 Å². The highest BCUT2D eigenvalue weighted by molar-refractivity contribution is 7.12. The standard InChI is InChI=1S/C12H12F2N2S/c1-7-5-6-10(17-7)12(16-15)11-8(13)3-2-4-9(11)14/h2-6,12,16H,15H2,1H3. The summed E-state index contributed by atoms with van der Waals surface area (Å²) in [7, 11) is 0. The Hall–Kier alpha value is -1.30. The molecule has 1 aromatic heterocycles. The molecule has 1 unspecified atom stereocenters. The van der Waals surface area contributed by atoms with Gasteiger partial charge in [-0.3, -0.25) is 5.84 Å². The van der Waals surface area contributed by atoms with E-state index >= 15 is 0 Å². The van der Waals surface area contributed by atoms with E-state index < -0.39 is 17.7 Å². The molecule has 1 atom stereocenters. The van der Waals surface area contributed by atoms with Crippen LogP contribution in [0.25, 0.3) is 0 Å².